The predicted octanol–water partition coefficient (Wildman–Crippen LogP) is 3.74. The van der Waals surface area contributed by atoms with Gasteiger partial charge in [-0.3, -0.25) is 9.13 Å². The molecule has 1 fully saturated rings. The van der Waals surface area contributed by atoms with Crippen molar-refractivity contribution in [2.24, 2.45) is 14.1 Å². The second kappa shape index (κ2) is 7.31. The lowest BCUT2D eigenvalue weighted by molar-refractivity contribution is 0.262. The molecule has 0 saturated carbocycles. The molecule has 0 bridgehead atoms. The summed E-state index contributed by atoms with van der Waals surface area (Å²) in [6.45, 7) is 5.85. The van der Waals surface area contributed by atoms with E-state index in [2.05, 4.69) is 15.5 Å². The highest BCUT2D eigenvalue weighted by atomic mass is 16.2. The second-order valence-corrected chi connectivity index (χ2v) is 7.85. The van der Waals surface area contributed by atoms with Crippen molar-refractivity contribution in [1.29, 1.82) is 0 Å². The molecule has 29 heavy (non-hydrogen) atoms. The van der Waals surface area contributed by atoms with Gasteiger partial charge >= 0.3 is 11.7 Å². The molecule has 4 rings (SSSR count). The maximum absolute atomic E-state index is 12.8. The van der Waals surface area contributed by atoms with E-state index in [4.69, 9.17) is 0 Å². The number of nitrogens with one attached hydrogen (secondary N) is 2. The highest BCUT2D eigenvalue weighted by molar-refractivity contribution is 6.04. The first-order chi connectivity index (χ1) is 13.8. The van der Waals surface area contributed by atoms with Crippen molar-refractivity contribution in [3.8, 4) is 0 Å². The Bertz CT molecular complexity index is 1150. The zero-order chi connectivity index (χ0) is 20.7. The highest BCUT2D eigenvalue weighted by Gasteiger charge is 2.20. The van der Waals surface area contributed by atoms with E-state index in [0.29, 0.717) is 5.69 Å². The summed E-state index contributed by atoms with van der Waals surface area (Å²) in [5.41, 5.74) is 6.12. The fraction of sp³-hybridized carbons (Fsp3) is 0.364. The predicted molar refractivity (Wildman–Crippen MR) is 118 cm³/mol. The lowest BCUT2D eigenvalue weighted by Gasteiger charge is -2.22. The van der Waals surface area contributed by atoms with Crippen molar-refractivity contribution in [3.05, 3.63) is 51.9 Å². The third kappa shape index (κ3) is 3.48. The Kier molecular flexibility index (Phi) is 4.82. The van der Waals surface area contributed by atoms with E-state index in [1.54, 1.807) is 23.2 Å². The van der Waals surface area contributed by atoms with Gasteiger partial charge in [0.05, 0.1) is 22.4 Å². The highest BCUT2D eigenvalue weighted by Crippen LogP contribution is 2.33. The van der Waals surface area contributed by atoms with Crippen LogP contribution in [0.15, 0.2) is 35.1 Å². The Morgan fingerprint density at radius 3 is 2.21 bits per heavy atom. The van der Waals surface area contributed by atoms with E-state index in [9.17, 15) is 9.59 Å². The van der Waals surface area contributed by atoms with E-state index in [-0.39, 0.29) is 11.7 Å². The second-order valence-electron chi connectivity index (χ2n) is 7.85. The first-order valence-electron chi connectivity index (χ1n) is 9.95. The zero-order valence-corrected chi connectivity index (χ0v) is 17.4. The summed E-state index contributed by atoms with van der Waals surface area (Å²) in [4.78, 5) is 27.4. The summed E-state index contributed by atoms with van der Waals surface area (Å²) in [6, 6.07) is 9.59. The molecule has 0 aliphatic carbocycles. The third-order valence-corrected chi connectivity index (χ3v) is 5.73. The van der Waals surface area contributed by atoms with Gasteiger partial charge in [0.1, 0.15) is 0 Å². The van der Waals surface area contributed by atoms with Gasteiger partial charge in [0.2, 0.25) is 0 Å². The van der Waals surface area contributed by atoms with Crippen molar-refractivity contribution >= 4 is 34.1 Å². The molecule has 1 saturated heterocycles. The number of amides is 2. The first kappa shape index (κ1) is 19.1. The van der Waals surface area contributed by atoms with Gasteiger partial charge in [-0.15, -0.1) is 0 Å². The molecule has 0 unspecified atom stereocenters. The van der Waals surface area contributed by atoms with Gasteiger partial charge in [-0.1, -0.05) is 12.1 Å². The summed E-state index contributed by atoms with van der Waals surface area (Å²) in [6.07, 6.45) is 2.25. The van der Waals surface area contributed by atoms with Gasteiger partial charge in [0.25, 0.3) is 0 Å². The Morgan fingerprint density at radius 2 is 1.52 bits per heavy atom. The van der Waals surface area contributed by atoms with E-state index < -0.39 is 0 Å². The lowest BCUT2D eigenvalue weighted by Crippen LogP contribution is -2.24. The quantitative estimate of drug-likeness (QED) is 0.712. The number of carbonyl (C=O) groups excluding carboxylic acids is 1. The summed E-state index contributed by atoms with van der Waals surface area (Å²) >= 11 is 0. The Balaban J connectivity index is 1.72. The molecule has 2 N–H and O–H groups in total. The number of hydrogen-bond donors (Lipinski definition) is 2. The Labute approximate surface area is 169 Å². The van der Waals surface area contributed by atoms with E-state index in [0.717, 1.165) is 59.5 Å². The number of aryl methyl sites for hydroxylation is 4. The van der Waals surface area contributed by atoms with Crippen LogP contribution in [-0.4, -0.2) is 28.3 Å². The summed E-state index contributed by atoms with van der Waals surface area (Å²) in [7, 11) is 3.53. The number of aromatic nitrogens is 2. The molecular weight excluding hydrogens is 366 g/mol. The minimum absolute atomic E-state index is 0.0793. The SMILES string of the molecule is Cc1ccc(C)c(NC(=O)Nc2cc3c(cc2N2CCCC2)n(C)c(=O)n3C)c1. The topological polar surface area (TPSA) is 71.3 Å². The van der Waals surface area contributed by atoms with Crippen LogP contribution in [0.4, 0.5) is 21.9 Å². The molecule has 2 heterocycles. The van der Waals surface area contributed by atoms with Crippen LogP contribution in [0.1, 0.15) is 24.0 Å². The molecule has 1 aliphatic rings. The molecule has 2 aromatic carbocycles. The molecule has 1 aromatic heterocycles. The van der Waals surface area contributed by atoms with Crippen molar-refractivity contribution < 1.29 is 4.79 Å². The van der Waals surface area contributed by atoms with E-state index in [1.165, 1.54) is 0 Å². The fourth-order valence-corrected chi connectivity index (χ4v) is 4.00. The number of nitrogens with zero attached hydrogens (tertiary/aromatic N) is 3. The zero-order valence-electron chi connectivity index (χ0n) is 17.4. The molecule has 0 radical (unpaired) electrons. The number of urea groups is 1. The molecule has 2 amide bonds. The number of imidazole rings is 1. The molecular formula is C22H27N5O2. The molecule has 0 atom stereocenters. The Morgan fingerprint density at radius 1 is 0.897 bits per heavy atom. The Hall–Kier alpha value is -3.22. The summed E-state index contributed by atoms with van der Waals surface area (Å²) in [5, 5.41) is 5.97. The van der Waals surface area contributed by atoms with Crippen molar-refractivity contribution in [1.82, 2.24) is 9.13 Å². The van der Waals surface area contributed by atoms with Crippen LogP contribution in [0.2, 0.25) is 0 Å². The van der Waals surface area contributed by atoms with Gasteiger partial charge in [0.15, 0.2) is 0 Å². The van der Waals surface area contributed by atoms with E-state index >= 15 is 0 Å². The number of anilines is 3. The van der Waals surface area contributed by atoms with Gasteiger partial charge in [-0.2, -0.15) is 0 Å². The van der Waals surface area contributed by atoms with Crippen LogP contribution in [0.3, 0.4) is 0 Å². The minimum Gasteiger partial charge on any atom is -0.370 e. The van der Waals surface area contributed by atoms with Crippen LogP contribution in [0.5, 0.6) is 0 Å². The van der Waals surface area contributed by atoms with E-state index in [1.807, 2.05) is 44.2 Å². The maximum Gasteiger partial charge on any atom is 0.328 e. The lowest BCUT2D eigenvalue weighted by atomic mass is 10.1. The average molecular weight is 393 g/mol. The molecule has 1 aliphatic heterocycles. The van der Waals surface area contributed by atoms with Gasteiger partial charge in [-0.05, 0) is 56.0 Å². The monoisotopic (exact) mass is 393 g/mol. The molecule has 152 valence electrons. The largest absolute Gasteiger partial charge is 0.370 e. The third-order valence-electron chi connectivity index (χ3n) is 5.73. The first-order valence-corrected chi connectivity index (χ1v) is 9.95. The van der Waals surface area contributed by atoms with Crippen LogP contribution in [0.25, 0.3) is 11.0 Å². The van der Waals surface area contributed by atoms with Crippen LogP contribution >= 0.6 is 0 Å². The summed E-state index contributed by atoms with van der Waals surface area (Å²) < 4.78 is 3.26. The van der Waals surface area contributed by atoms with Gasteiger partial charge < -0.3 is 15.5 Å². The normalized spacial score (nSPS) is 13.9. The average Bonchev–Trinajstić information content (AvgIpc) is 3.29. The smallest absolute Gasteiger partial charge is 0.328 e. The number of benzene rings is 2. The number of hydrogen-bond acceptors (Lipinski definition) is 3. The number of carbonyl (C=O) groups is 1. The number of rotatable bonds is 3. The van der Waals surface area contributed by atoms with Crippen LogP contribution in [0, 0.1) is 13.8 Å². The van der Waals surface area contributed by atoms with Crippen molar-refractivity contribution in [2.75, 3.05) is 28.6 Å². The van der Waals surface area contributed by atoms with Crippen LogP contribution < -0.4 is 21.2 Å². The van der Waals surface area contributed by atoms with Crippen LogP contribution in [-0.2, 0) is 14.1 Å². The molecule has 7 nitrogen and oxygen atoms in total. The summed E-state index contributed by atoms with van der Waals surface area (Å²) in [5.74, 6) is 0. The molecule has 0 spiro atoms. The van der Waals surface area contributed by atoms with Crippen molar-refractivity contribution in [2.45, 2.75) is 26.7 Å². The fourth-order valence-electron chi connectivity index (χ4n) is 4.00. The van der Waals surface area contributed by atoms with Gasteiger partial charge in [-0.25, -0.2) is 9.59 Å². The van der Waals surface area contributed by atoms with Crippen molar-refractivity contribution in [3.63, 3.8) is 0 Å². The standard InChI is InChI=1S/C22H27N5O2/c1-14-7-8-15(2)16(11-14)23-21(28)24-17-12-19-20(26(4)22(29)25(19)3)13-18(17)27-9-5-6-10-27/h7-8,11-13H,5-6,9-10H2,1-4H3,(H2,23,24,28). The minimum atomic E-state index is -0.292. The number of fused-ring (bicyclic) bond motifs is 1. The molecule has 3 aromatic rings. The maximum atomic E-state index is 12.8. The van der Waals surface area contributed by atoms with Gasteiger partial charge in [0, 0.05) is 32.9 Å². The molecule has 7 heteroatoms.